The van der Waals surface area contributed by atoms with Crippen LogP contribution < -0.4 is 9.46 Å². The fourth-order valence-corrected chi connectivity index (χ4v) is 3.73. The van der Waals surface area contributed by atoms with E-state index < -0.39 is 28.5 Å². The Kier molecular flexibility index (Phi) is 8.39. The van der Waals surface area contributed by atoms with Crippen LogP contribution in [0.15, 0.2) is 78.7 Å². The molecule has 1 N–H and O–H groups in total. The van der Waals surface area contributed by atoms with E-state index in [-0.39, 0.29) is 29.2 Å². The Morgan fingerprint density at radius 1 is 1.06 bits per heavy atom. The van der Waals surface area contributed by atoms with E-state index in [1.54, 1.807) is 36.4 Å². The monoisotopic (exact) mass is 444 g/mol. The Balaban J connectivity index is 2.13. The largest absolute Gasteiger partial charge is 0.495 e. The third-order valence-corrected chi connectivity index (χ3v) is 5.47. The first-order valence-corrected chi connectivity index (χ1v) is 10.7. The molecule has 0 aliphatic heterocycles. The number of benzene rings is 2. The number of esters is 1. The summed E-state index contributed by atoms with van der Waals surface area (Å²) in [4.78, 5) is 25.8. The Morgan fingerprint density at radius 2 is 1.74 bits per heavy atom. The molecular formula is C22H24N2O6S. The predicted octanol–water partition coefficient (Wildman–Crippen LogP) is 2.85. The van der Waals surface area contributed by atoms with Crippen molar-refractivity contribution in [1.82, 2.24) is 4.90 Å². The number of amides is 1. The lowest BCUT2D eigenvalue weighted by molar-refractivity contribution is -0.133. The molecule has 0 aliphatic carbocycles. The van der Waals surface area contributed by atoms with Crippen molar-refractivity contribution in [2.75, 3.05) is 31.5 Å². The molecule has 0 aromatic heterocycles. The van der Waals surface area contributed by atoms with Crippen LogP contribution in [0, 0.1) is 0 Å². The average molecular weight is 445 g/mol. The van der Waals surface area contributed by atoms with Gasteiger partial charge >= 0.3 is 5.97 Å². The summed E-state index contributed by atoms with van der Waals surface area (Å²) >= 11 is 0. The van der Waals surface area contributed by atoms with Crippen LogP contribution in [0.3, 0.4) is 0 Å². The van der Waals surface area contributed by atoms with E-state index in [1.807, 2.05) is 0 Å². The van der Waals surface area contributed by atoms with Gasteiger partial charge in [0.05, 0.1) is 23.3 Å². The molecule has 0 heterocycles. The van der Waals surface area contributed by atoms with E-state index in [2.05, 4.69) is 17.9 Å². The number of para-hydroxylation sites is 2. The smallest absolute Gasteiger partial charge is 0.338 e. The summed E-state index contributed by atoms with van der Waals surface area (Å²) in [5.41, 5.74) is 0.253. The summed E-state index contributed by atoms with van der Waals surface area (Å²) in [6.07, 6.45) is 3.10. The molecule has 31 heavy (non-hydrogen) atoms. The van der Waals surface area contributed by atoms with Crippen molar-refractivity contribution in [2.45, 2.75) is 4.90 Å². The number of methoxy groups -OCH3 is 1. The molecule has 9 heteroatoms. The van der Waals surface area contributed by atoms with Crippen LogP contribution in [0.1, 0.15) is 10.4 Å². The lowest BCUT2D eigenvalue weighted by Gasteiger charge is -2.19. The maximum atomic E-state index is 12.7. The zero-order valence-corrected chi connectivity index (χ0v) is 17.9. The van der Waals surface area contributed by atoms with Crippen molar-refractivity contribution in [1.29, 1.82) is 0 Å². The first-order valence-electron chi connectivity index (χ1n) is 9.25. The summed E-state index contributed by atoms with van der Waals surface area (Å²) in [6.45, 7) is 7.23. The van der Waals surface area contributed by atoms with Crippen molar-refractivity contribution >= 4 is 27.6 Å². The second kappa shape index (κ2) is 11.0. The maximum Gasteiger partial charge on any atom is 0.338 e. The van der Waals surface area contributed by atoms with Crippen LogP contribution in [-0.4, -0.2) is 52.0 Å². The lowest BCUT2D eigenvalue weighted by atomic mass is 10.2. The van der Waals surface area contributed by atoms with Crippen molar-refractivity contribution in [3.05, 3.63) is 79.4 Å². The van der Waals surface area contributed by atoms with Gasteiger partial charge in [-0.05, 0) is 30.3 Å². The van der Waals surface area contributed by atoms with E-state index in [4.69, 9.17) is 9.47 Å². The Hall–Kier alpha value is -3.59. The second-order valence-electron chi connectivity index (χ2n) is 6.29. The highest BCUT2D eigenvalue weighted by molar-refractivity contribution is 7.92. The zero-order chi connectivity index (χ0) is 22.9. The summed E-state index contributed by atoms with van der Waals surface area (Å²) < 4.78 is 38.1. The fraction of sp³-hybridized carbons (Fsp3) is 0.182. The van der Waals surface area contributed by atoms with Crippen molar-refractivity contribution in [3.63, 3.8) is 0 Å². The molecule has 2 rings (SSSR count). The molecule has 2 aromatic carbocycles. The van der Waals surface area contributed by atoms with Crippen LogP contribution in [0.4, 0.5) is 5.69 Å². The number of nitrogens with zero attached hydrogens (tertiary/aromatic N) is 1. The van der Waals surface area contributed by atoms with Gasteiger partial charge in [-0.2, -0.15) is 0 Å². The van der Waals surface area contributed by atoms with Crippen molar-refractivity contribution in [2.24, 2.45) is 0 Å². The number of carbonyl (C=O) groups excluding carboxylic acids is 2. The quantitative estimate of drug-likeness (QED) is 0.422. The summed E-state index contributed by atoms with van der Waals surface area (Å²) in [7, 11) is -2.57. The first kappa shape index (κ1) is 23.7. The Labute approximate surface area is 181 Å². The van der Waals surface area contributed by atoms with Crippen LogP contribution in [0.25, 0.3) is 0 Å². The predicted molar refractivity (Wildman–Crippen MR) is 118 cm³/mol. The molecule has 164 valence electrons. The molecule has 8 nitrogen and oxygen atoms in total. The molecule has 0 saturated heterocycles. The van der Waals surface area contributed by atoms with E-state index >= 15 is 0 Å². The van der Waals surface area contributed by atoms with Gasteiger partial charge in [0.2, 0.25) is 0 Å². The molecule has 0 bridgehead atoms. The minimum absolute atomic E-state index is 0.00491. The van der Waals surface area contributed by atoms with Gasteiger partial charge in [0.1, 0.15) is 5.75 Å². The number of hydrogen-bond acceptors (Lipinski definition) is 6. The van der Waals surface area contributed by atoms with Gasteiger partial charge in [-0.1, -0.05) is 30.4 Å². The summed E-state index contributed by atoms with van der Waals surface area (Å²) in [5, 5.41) is 0. The fourth-order valence-electron chi connectivity index (χ4n) is 2.61. The number of nitrogens with one attached hydrogen (secondary N) is 1. The molecule has 0 aliphatic rings. The molecular weight excluding hydrogens is 420 g/mol. The Morgan fingerprint density at radius 3 is 2.39 bits per heavy atom. The molecule has 0 fully saturated rings. The number of sulfonamides is 1. The molecule has 0 unspecified atom stereocenters. The zero-order valence-electron chi connectivity index (χ0n) is 17.1. The number of rotatable bonds is 11. The van der Waals surface area contributed by atoms with Gasteiger partial charge in [0.15, 0.2) is 6.61 Å². The molecule has 0 radical (unpaired) electrons. The second-order valence-corrected chi connectivity index (χ2v) is 7.97. The standard InChI is InChI=1S/C22H24N2O6S/c1-4-13-24(14-5-2)21(25)16-30-22(26)17-9-8-10-18(15-17)31(27,28)23-19-11-6-7-12-20(19)29-3/h4-12,15,23H,1-2,13-14,16H2,3H3. The molecule has 0 spiro atoms. The SMILES string of the molecule is C=CCN(CC=C)C(=O)COC(=O)c1cccc(S(=O)(=O)Nc2ccccc2OC)c1. The lowest BCUT2D eigenvalue weighted by Crippen LogP contribution is -2.35. The van der Waals surface area contributed by atoms with E-state index in [9.17, 15) is 18.0 Å². The number of ether oxygens (including phenoxy) is 2. The Bertz CT molecular complexity index is 1060. The molecule has 1 amide bonds. The van der Waals surface area contributed by atoms with Gasteiger partial charge in [-0.15, -0.1) is 13.2 Å². The summed E-state index contributed by atoms with van der Waals surface area (Å²) in [6, 6.07) is 11.9. The highest BCUT2D eigenvalue weighted by Gasteiger charge is 2.20. The van der Waals surface area contributed by atoms with Gasteiger partial charge < -0.3 is 14.4 Å². The minimum Gasteiger partial charge on any atom is -0.495 e. The number of hydrogen-bond donors (Lipinski definition) is 1. The highest BCUT2D eigenvalue weighted by atomic mass is 32.2. The van der Waals surface area contributed by atoms with Crippen LogP contribution in [-0.2, 0) is 19.6 Å². The van der Waals surface area contributed by atoms with Crippen LogP contribution in [0.2, 0.25) is 0 Å². The summed E-state index contributed by atoms with van der Waals surface area (Å²) in [5.74, 6) is -0.890. The first-order chi connectivity index (χ1) is 14.8. The average Bonchev–Trinajstić information content (AvgIpc) is 2.77. The van der Waals surface area contributed by atoms with Crippen molar-refractivity contribution in [3.8, 4) is 5.75 Å². The number of anilines is 1. The van der Waals surface area contributed by atoms with E-state index in [1.165, 1.54) is 36.3 Å². The molecule has 0 saturated carbocycles. The third kappa shape index (κ3) is 6.45. The minimum atomic E-state index is -4.00. The van der Waals surface area contributed by atoms with Gasteiger partial charge in [-0.25, -0.2) is 13.2 Å². The van der Waals surface area contributed by atoms with Crippen molar-refractivity contribution < 1.29 is 27.5 Å². The normalized spacial score (nSPS) is 10.6. The van der Waals surface area contributed by atoms with Crippen LogP contribution in [0.5, 0.6) is 5.75 Å². The molecule has 2 aromatic rings. The number of carbonyl (C=O) groups is 2. The highest BCUT2D eigenvalue weighted by Crippen LogP contribution is 2.26. The molecule has 0 atom stereocenters. The van der Waals surface area contributed by atoms with E-state index in [0.29, 0.717) is 5.75 Å². The maximum absolute atomic E-state index is 12.7. The topological polar surface area (TPSA) is 102 Å². The van der Waals surface area contributed by atoms with Gasteiger partial charge in [0.25, 0.3) is 15.9 Å². The van der Waals surface area contributed by atoms with Gasteiger partial charge in [0, 0.05) is 13.1 Å². The third-order valence-electron chi connectivity index (χ3n) is 4.11. The van der Waals surface area contributed by atoms with Crippen LogP contribution >= 0.6 is 0 Å². The van der Waals surface area contributed by atoms with E-state index in [0.717, 1.165) is 0 Å². The van der Waals surface area contributed by atoms with Gasteiger partial charge in [-0.3, -0.25) is 9.52 Å².